The summed E-state index contributed by atoms with van der Waals surface area (Å²) in [4.78, 5) is 6.89. The van der Waals surface area contributed by atoms with Crippen molar-refractivity contribution in [2.75, 3.05) is 4.90 Å². The number of rotatable bonds is 6. The third-order valence-electron chi connectivity index (χ3n) is 7.42. The van der Waals surface area contributed by atoms with E-state index < -0.39 is 0 Å². The zero-order valence-electron chi connectivity index (χ0n) is 22.5. The molecule has 3 heterocycles. The van der Waals surface area contributed by atoms with Crippen LogP contribution in [0.25, 0.3) is 5.69 Å². The third-order valence-corrected chi connectivity index (χ3v) is 8.05. The van der Waals surface area contributed by atoms with E-state index in [0.29, 0.717) is 10.1 Å². The summed E-state index contributed by atoms with van der Waals surface area (Å²) in [6.45, 7) is 6.29. The molecule has 0 bridgehead atoms. The predicted octanol–water partition coefficient (Wildman–Crippen LogP) is 8.42. The highest BCUT2D eigenvalue weighted by atomic mass is 35.5. The van der Waals surface area contributed by atoms with E-state index in [2.05, 4.69) is 46.8 Å². The maximum atomic E-state index is 6.64. The molecule has 40 heavy (non-hydrogen) atoms. The molecular weight excluding hydrogens is 536 g/mol. The van der Waals surface area contributed by atoms with Gasteiger partial charge < -0.3 is 19.5 Å². The van der Waals surface area contributed by atoms with Crippen molar-refractivity contribution in [1.29, 1.82) is 0 Å². The second kappa shape index (κ2) is 10.8. The Morgan fingerprint density at radius 3 is 2.33 bits per heavy atom. The van der Waals surface area contributed by atoms with Crippen LogP contribution in [0.1, 0.15) is 40.3 Å². The van der Waals surface area contributed by atoms with E-state index in [1.807, 2.05) is 92.0 Å². The number of pyridine rings is 1. The summed E-state index contributed by atoms with van der Waals surface area (Å²) < 4.78 is 8.38. The first-order valence-corrected chi connectivity index (χ1v) is 14.0. The molecule has 200 valence electrons. The second-order valence-electron chi connectivity index (χ2n) is 9.97. The molecule has 0 radical (unpaired) electrons. The predicted molar refractivity (Wildman–Crippen MR) is 166 cm³/mol. The van der Waals surface area contributed by atoms with Gasteiger partial charge in [0.1, 0.15) is 11.5 Å². The molecule has 1 aliphatic rings. The van der Waals surface area contributed by atoms with Crippen LogP contribution < -0.4 is 15.0 Å². The third kappa shape index (κ3) is 4.74. The lowest BCUT2D eigenvalue weighted by molar-refractivity contribution is 0.479. The van der Waals surface area contributed by atoms with Crippen LogP contribution in [0.2, 0.25) is 5.02 Å². The van der Waals surface area contributed by atoms with E-state index in [9.17, 15) is 0 Å². The van der Waals surface area contributed by atoms with Crippen molar-refractivity contribution in [3.63, 3.8) is 0 Å². The molecule has 1 fully saturated rings. The van der Waals surface area contributed by atoms with Crippen molar-refractivity contribution >= 4 is 34.6 Å². The number of anilines is 1. The van der Waals surface area contributed by atoms with Gasteiger partial charge in [0.2, 0.25) is 0 Å². The number of nitrogens with zero attached hydrogens (tertiary/aromatic N) is 3. The van der Waals surface area contributed by atoms with Gasteiger partial charge in [0.25, 0.3) is 0 Å². The summed E-state index contributed by atoms with van der Waals surface area (Å²) >= 11 is 12.6. The van der Waals surface area contributed by atoms with Gasteiger partial charge in [0, 0.05) is 23.3 Å². The molecule has 3 aromatic carbocycles. The van der Waals surface area contributed by atoms with Crippen LogP contribution in [0.3, 0.4) is 0 Å². The molecule has 0 aliphatic carbocycles. The highest BCUT2D eigenvalue weighted by Gasteiger charge is 2.42. The fourth-order valence-corrected chi connectivity index (χ4v) is 6.08. The Labute approximate surface area is 245 Å². The van der Waals surface area contributed by atoms with Crippen molar-refractivity contribution in [3.05, 3.63) is 136 Å². The van der Waals surface area contributed by atoms with E-state index in [0.717, 1.165) is 51.1 Å². The van der Waals surface area contributed by atoms with Gasteiger partial charge in [0.15, 0.2) is 5.11 Å². The fourth-order valence-electron chi connectivity index (χ4n) is 5.51. The second-order valence-corrected chi connectivity index (χ2v) is 10.8. The normalized spacial score (nSPS) is 16.7. The highest BCUT2D eigenvalue weighted by Crippen LogP contribution is 2.44. The van der Waals surface area contributed by atoms with Crippen LogP contribution in [0.4, 0.5) is 5.69 Å². The molecule has 2 atom stereocenters. The molecule has 1 N–H and O–H groups in total. The lowest BCUT2D eigenvalue weighted by atomic mass is 9.96. The van der Waals surface area contributed by atoms with Gasteiger partial charge in [0.05, 0.1) is 28.5 Å². The summed E-state index contributed by atoms with van der Waals surface area (Å²) in [6, 6.07) is 32.0. The number of hydrogen-bond donors (Lipinski definition) is 1. The summed E-state index contributed by atoms with van der Waals surface area (Å²) in [5.41, 5.74) is 7.30. The molecule has 6 rings (SSSR count). The first kappa shape index (κ1) is 26.1. The van der Waals surface area contributed by atoms with Crippen LogP contribution in [-0.4, -0.2) is 14.7 Å². The first-order valence-electron chi connectivity index (χ1n) is 13.2. The van der Waals surface area contributed by atoms with E-state index in [4.69, 9.17) is 33.5 Å². The highest BCUT2D eigenvalue weighted by molar-refractivity contribution is 7.80. The minimum Gasteiger partial charge on any atom is -0.457 e. The molecule has 7 heteroatoms. The molecule has 1 saturated heterocycles. The van der Waals surface area contributed by atoms with Gasteiger partial charge in [-0.2, -0.15) is 0 Å². The largest absolute Gasteiger partial charge is 0.457 e. The Kier molecular flexibility index (Phi) is 7.05. The topological polar surface area (TPSA) is 42.3 Å². The zero-order chi connectivity index (χ0) is 27.8. The van der Waals surface area contributed by atoms with Crippen LogP contribution in [0.15, 0.2) is 103 Å². The van der Waals surface area contributed by atoms with E-state index in [1.165, 1.54) is 0 Å². The molecule has 0 saturated carbocycles. The number of benzene rings is 3. The summed E-state index contributed by atoms with van der Waals surface area (Å²) in [6.07, 6.45) is 1.82. The molecule has 0 unspecified atom stereocenters. The van der Waals surface area contributed by atoms with Gasteiger partial charge in [-0.1, -0.05) is 48.0 Å². The van der Waals surface area contributed by atoms with Crippen molar-refractivity contribution in [3.8, 4) is 17.2 Å². The van der Waals surface area contributed by atoms with Crippen LogP contribution in [0, 0.1) is 20.8 Å². The Hall–Kier alpha value is -4.13. The Morgan fingerprint density at radius 2 is 1.60 bits per heavy atom. The minimum absolute atomic E-state index is 0.132. The Bertz CT molecular complexity index is 1680. The number of thiocarbonyl (C=S) groups is 1. The monoisotopic (exact) mass is 564 g/mol. The quantitative estimate of drug-likeness (QED) is 0.210. The van der Waals surface area contributed by atoms with Gasteiger partial charge >= 0.3 is 0 Å². The zero-order valence-corrected chi connectivity index (χ0v) is 24.1. The van der Waals surface area contributed by atoms with Crippen molar-refractivity contribution in [2.24, 2.45) is 0 Å². The van der Waals surface area contributed by atoms with E-state index in [-0.39, 0.29) is 12.1 Å². The van der Waals surface area contributed by atoms with Crippen molar-refractivity contribution < 1.29 is 4.74 Å². The molecule has 1 aliphatic heterocycles. The molecule has 5 aromatic rings. The molecule has 0 amide bonds. The summed E-state index contributed by atoms with van der Waals surface area (Å²) in [5, 5.41) is 4.92. The average Bonchev–Trinajstić information content (AvgIpc) is 3.46. The average molecular weight is 565 g/mol. The van der Waals surface area contributed by atoms with E-state index in [1.54, 1.807) is 0 Å². The number of aromatic nitrogens is 2. The number of para-hydroxylation sites is 2. The van der Waals surface area contributed by atoms with Crippen LogP contribution in [0.5, 0.6) is 11.5 Å². The maximum absolute atomic E-state index is 6.64. The number of aryl methyl sites for hydroxylation is 2. The molecule has 5 nitrogen and oxygen atoms in total. The molecular formula is C33H29ClN4OS. The molecule has 2 aromatic heterocycles. The lowest BCUT2D eigenvalue weighted by Gasteiger charge is -2.28. The summed E-state index contributed by atoms with van der Waals surface area (Å²) in [7, 11) is 0. The number of hydrogen-bond acceptors (Lipinski definition) is 3. The standard InChI is InChI=1S/C33H29ClN4OS/c1-21-10-4-7-14-30(21)39-25-17-15-24(16-18-25)38-32(31(36-33(38)40)28-12-8-9-19-35-28)26-20-22(2)37(23(26)3)29-13-6-5-11-27(29)34/h4-20,31-32H,1-3H3,(H,36,40)/t31-,32+/m0/s1. The smallest absolute Gasteiger partial charge is 0.174 e. The van der Waals surface area contributed by atoms with Crippen LogP contribution >= 0.6 is 23.8 Å². The number of ether oxygens (including phenoxy) is 1. The number of nitrogens with one attached hydrogen (secondary N) is 1. The minimum atomic E-state index is -0.142. The van der Waals surface area contributed by atoms with Gasteiger partial charge in [-0.25, -0.2) is 0 Å². The van der Waals surface area contributed by atoms with E-state index >= 15 is 0 Å². The summed E-state index contributed by atoms with van der Waals surface area (Å²) in [5.74, 6) is 1.61. The SMILES string of the molecule is Cc1ccccc1Oc1ccc(N2C(=S)N[C@@H](c3ccccn3)[C@H]2c2cc(C)n(-c3ccccc3Cl)c2C)cc1. The van der Waals surface area contributed by atoms with Gasteiger partial charge in [-0.05, 0) is 105 Å². The van der Waals surface area contributed by atoms with Crippen molar-refractivity contribution in [2.45, 2.75) is 32.9 Å². The van der Waals surface area contributed by atoms with Crippen LogP contribution in [-0.2, 0) is 0 Å². The van der Waals surface area contributed by atoms with Gasteiger partial charge in [-0.3, -0.25) is 4.98 Å². The lowest BCUT2D eigenvalue weighted by Crippen LogP contribution is -2.29. The molecule has 0 spiro atoms. The number of halogens is 1. The fraction of sp³-hybridized carbons (Fsp3) is 0.152. The Balaban J connectivity index is 1.42. The Morgan fingerprint density at radius 1 is 0.875 bits per heavy atom. The van der Waals surface area contributed by atoms with Gasteiger partial charge in [-0.15, -0.1) is 0 Å². The first-order chi connectivity index (χ1) is 19.4. The van der Waals surface area contributed by atoms with Crippen molar-refractivity contribution in [1.82, 2.24) is 14.9 Å². The maximum Gasteiger partial charge on any atom is 0.174 e.